The minimum Gasteiger partial charge on any atom is -0.382 e. The number of fused-ring (bicyclic) bond motifs is 1. The number of benzene rings is 1. The maximum absolute atomic E-state index is 14.7. The molecule has 1 saturated heterocycles. The summed E-state index contributed by atoms with van der Waals surface area (Å²) >= 11 is 7.53. The van der Waals surface area contributed by atoms with Crippen LogP contribution in [0.3, 0.4) is 0 Å². The molecule has 2 aliphatic rings. The van der Waals surface area contributed by atoms with Crippen molar-refractivity contribution in [3.63, 3.8) is 0 Å². The fourth-order valence-electron chi connectivity index (χ4n) is 5.20. The van der Waals surface area contributed by atoms with Crippen molar-refractivity contribution in [1.29, 1.82) is 0 Å². The van der Waals surface area contributed by atoms with Crippen LogP contribution in [0.1, 0.15) is 30.0 Å². The van der Waals surface area contributed by atoms with Gasteiger partial charge in [-0.1, -0.05) is 23.4 Å². The van der Waals surface area contributed by atoms with E-state index >= 15 is 0 Å². The topological polar surface area (TPSA) is 137 Å². The summed E-state index contributed by atoms with van der Waals surface area (Å²) in [5.74, 6) is 0.850. The fraction of sp³-hybridized carbons (Fsp3) is 0.375. The number of pyridine rings is 1. The zero-order valence-corrected chi connectivity index (χ0v) is 22.5. The second-order valence-corrected chi connectivity index (χ2v) is 14.5. The van der Waals surface area contributed by atoms with Crippen LogP contribution in [0.25, 0.3) is 0 Å². The van der Waals surface area contributed by atoms with E-state index < -0.39 is 13.0 Å². The van der Waals surface area contributed by atoms with E-state index in [1.165, 1.54) is 17.8 Å². The first-order valence-electron chi connectivity index (χ1n) is 11.6. The lowest BCUT2D eigenvalue weighted by Gasteiger charge is -2.42. The van der Waals surface area contributed by atoms with Gasteiger partial charge in [-0.05, 0) is 67.3 Å². The number of piperidine rings is 1. The summed E-state index contributed by atoms with van der Waals surface area (Å²) in [5.41, 5.74) is 20.4. The highest BCUT2D eigenvalue weighted by Crippen LogP contribution is 2.52. The normalized spacial score (nSPS) is 19.0. The van der Waals surface area contributed by atoms with Crippen molar-refractivity contribution in [2.24, 2.45) is 11.1 Å². The fourth-order valence-corrected chi connectivity index (χ4v) is 7.24. The first kappa shape index (κ1) is 25.3. The monoisotopic (exact) mass is 547 g/mol. The van der Waals surface area contributed by atoms with Gasteiger partial charge in [-0.15, -0.1) is 0 Å². The first-order valence-corrected chi connectivity index (χ1v) is 15.4. The van der Waals surface area contributed by atoms with Gasteiger partial charge in [0.1, 0.15) is 29.6 Å². The third-order valence-corrected chi connectivity index (χ3v) is 10.3. The van der Waals surface area contributed by atoms with Gasteiger partial charge in [0.25, 0.3) is 0 Å². The van der Waals surface area contributed by atoms with Gasteiger partial charge in [-0.25, -0.2) is 19.3 Å². The lowest BCUT2D eigenvalue weighted by molar-refractivity contribution is 0.187. The Morgan fingerprint density at radius 2 is 1.92 bits per heavy atom. The van der Waals surface area contributed by atoms with Gasteiger partial charge < -0.3 is 26.7 Å². The Morgan fingerprint density at radius 1 is 1.19 bits per heavy atom. The van der Waals surface area contributed by atoms with Gasteiger partial charge >= 0.3 is 0 Å². The SMILES string of the molecule is CP(C)(=O)c1cc2c(cc1F)CC1(CCN(c3cnc(Sc4ccnc(N)c4Cl)c(N)n3)CC1)[C@@H]2N. The van der Waals surface area contributed by atoms with Crippen LogP contribution in [0.2, 0.25) is 5.02 Å². The Morgan fingerprint density at radius 3 is 2.58 bits per heavy atom. The lowest BCUT2D eigenvalue weighted by atomic mass is 9.73. The van der Waals surface area contributed by atoms with Crippen molar-refractivity contribution in [2.75, 3.05) is 42.8 Å². The lowest BCUT2D eigenvalue weighted by Crippen LogP contribution is -2.44. The standard InChI is InChI=1S/C24H28ClFN7OPS/c1-35(2,34)16-10-14-13(9-15(16)26)11-24(20(14)27)4-7-33(8-5-24)18-12-31-23(22(29)32-18)36-17-3-6-30-21(28)19(17)25/h3,6,9-10,12,20H,4-5,7-8,11,27H2,1-2H3,(H2,28,30)(H2,29,32)/t20-/m1/s1. The van der Waals surface area contributed by atoms with Gasteiger partial charge in [-0.3, -0.25) is 0 Å². The largest absolute Gasteiger partial charge is 0.382 e. The molecule has 3 aromatic rings. The van der Waals surface area contributed by atoms with E-state index in [0.29, 0.717) is 33.0 Å². The van der Waals surface area contributed by atoms with Crippen LogP contribution in [-0.2, 0) is 11.0 Å². The minimum absolute atomic E-state index is 0.165. The van der Waals surface area contributed by atoms with E-state index in [4.69, 9.17) is 28.8 Å². The van der Waals surface area contributed by atoms with Crippen LogP contribution < -0.4 is 27.4 Å². The molecule has 3 heterocycles. The molecular formula is C24H28ClFN7OPS. The van der Waals surface area contributed by atoms with Crippen LogP contribution in [0.15, 0.2) is 40.5 Å². The quantitative estimate of drug-likeness (QED) is 0.413. The molecule has 5 rings (SSSR count). The summed E-state index contributed by atoms with van der Waals surface area (Å²) in [6.45, 7) is 4.63. The van der Waals surface area contributed by atoms with E-state index in [1.54, 1.807) is 37.9 Å². The van der Waals surface area contributed by atoms with E-state index in [9.17, 15) is 8.96 Å². The highest BCUT2D eigenvalue weighted by atomic mass is 35.5. The van der Waals surface area contributed by atoms with E-state index in [-0.39, 0.29) is 22.6 Å². The summed E-state index contributed by atoms with van der Waals surface area (Å²) in [4.78, 5) is 15.9. The molecular weight excluding hydrogens is 520 g/mol. The third kappa shape index (κ3) is 4.45. The van der Waals surface area contributed by atoms with E-state index in [1.807, 2.05) is 0 Å². The van der Waals surface area contributed by atoms with E-state index in [2.05, 4.69) is 19.9 Å². The van der Waals surface area contributed by atoms with Crippen molar-refractivity contribution in [3.8, 4) is 0 Å². The van der Waals surface area contributed by atoms with Gasteiger partial charge in [0.15, 0.2) is 5.82 Å². The Balaban J connectivity index is 1.31. The van der Waals surface area contributed by atoms with Crippen molar-refractivity contribution in [1.82, 2.24) is 15.0 Å². The van der Waals surface area contributed by atoms with Crippen LogP contribution in [-0.4, -0.2) is 41.4 Å². The highest BCUT2D eigenvalue weighted by Gasteiger charge is 2.46. The molecule has 6 N–H and O–H groups in total. The van der Waals surface area contributed by atoms with Crippen LogP contribution in [0, 0.1) is 11.2 Å². The summed E-state index contributed by atoms with van der Waals surface area (Å²) in [6.07, 6.45) is 5.64. The van der Waals surface area contributed by atoms with Crippen molar-refractivity contribution >= 4 is 53.3 Å². The second kappa shape index (κ2) is 9.17. The average Bonchev–Trinajstić information content (AvgIpc) is 3.07. The number of nitrogens with two attached hydrogens (primary N) is 3. The molecule has 0 saturated carbocycles. The van der Waals surface area contributed by atoms with Crippen molar-refractivity contribution in [2.45, 2.75) is 35.2 Å². The number of aromatic nitrogens is 3. The second-order valence-electron chi connectivity index (χ2n) is 9.89. The zero-order chi connectivity index (χ0) is 25.8. The summed E-state index contributed by atoms with van der Waals surface area (Å²) in [7, 11) is -2.74. The van der Waals surface area contributed by atoms with Crippen LogP contribution in [0.4, 0.5) is 21.8 Å². The van der Waals surface area contributed by atoms with Crippen LogP contribution >= 0.6 is 30.5 Å². The third-order valence-electron chi connectivity index (χ3n) is 7.25. The summed E-state index contributed by atoms with van der Waals surface area (Å²) < 4.78 is 27.3. The van der Waals surface area contributed by atoms with Gasteiger partial charge in [-0.2, -0.15) is 0 Å². The molecule has 1 spiro atoms. The Kier molecular flexibility index (Phi) is 6.44. The molecule has 1 fully saturated rings. The molecule has 1 aromatic carbocycles. The molecule has 12 heteroatoms. The Hall–Kier alpha value is -2.39. The number of anilines is 3. The molecule has 1 atom stereocenters. The molecule has 1 aliphatic carbocycles. The maximum atomic E-state index is 14.7. The molecule has 0 unspecified atom stereocenters. The maximum Gasteiger partial charge on any atom is 0.158 e. The minimum atomic E-state index is -2.74. The number of hydrogen-bond donors (Lipinski definition) is 3. The summed E-state index contributed by atoms with van der Waals surface area (Å²) in [6, 6.07) is 4.80. The predicted molar refractivity (Wildman–Crippen MR) is 144 cm³/mol. The Labute approximate surface area is 218 Å². The first-order chi connectivity index (χ1) is 17.0. The van der Waals surface area contributed by atoms with Crippen molar-refractivity contribution in [3.05, 3.63) is 52.6 Å². The molecule has 1 aliphatic heterocycles. The Bertz CT molecular complexity index is 1390. The smallest absolute Gasteiger partial charge is 0.158 e. The predicted octanol–water partition coefficient (Wildman–Crippen LogP) is 4.07. The van der Waals surface area contributed by atoms with Crippen LogP contribution in [0.5, 0.6) is 0 Å². The van der Waals surface area contributed by atoms with Gasteiger partial charge in [0, 0.05) is 35.5 Å². The average molecular weight is 548 g/mol. The molecule has 0 bridgehead atoms. The molecule has 0 amide bonds. The number of nitrogens with zero attached hydrogens (tertiary/aromatic N) is 4. The summed E-state index contributed by atoms with van der Waals surface area (Å²) in [5, 5.41) is 1.18. The molecule has 2 aromatic heterocycles. The molecule has 190 valence electrons. The number of halogens is 2. The highest BCUT2D eigenvalue weighted by molar-refractivity contribution is 7.99. The molecule has 8 nitrogen and oxygen atoms in total. The van der Waals surface area contributed by atoms with Gasteiger partial charge in [0.2, 0.25) is 0 Å². The number of hydrogen-bond acceptors (Lipinski definition) is 9. The number of rotatable bonds is 4. The van der Waals surface area contributed by atoms with E-state index in [0.717, 1.165) is 37.1 Å². The van der Waals surface area contributed by atoms with Crippen molar-refractivity contribution < 1.29 is 8.96 Å². The molecule has 36 heavy (non-hydrogen) atoms. The van der Waals surface area contributed by atoms with Gasteiger partial charge in [0.05, 0.1) is 11.2 Å². The molecule has 0 radical (unpaired) electrons. The number of nitrogen functional groups attached to an aromatic ring is 2. The zero-order valence-electron chi connectivity index (χ0n) is 20.0.